The van der Waals surface area contributed by atoms with Gasteiger partial charge < -0.3 is 15.3 Å². The molecule has 1 aliphatic heterocycles. The van der Waals surface area contributed by atoms with E-state index < -0.39 is 0 Å². The highest BCUT2D eigenvalue weighted by Gasteiger charge is 2.22. The van der Waals surface area contributed by atoms with Crippen LogP contribution in [0.4, 0.5) is 5.69 Å². The van der Waals surface area contributed by atoms with Crippen molar-refractivity contribution in [3.05, 3.63) is 41.2 Å². The van der Waals surface area contributed by atoms with Crippen molar-refractivity contribution in [2.24, 2.45) is 7.05 Å². The Hall–Kier alpha value is -2.90. The van der Waals surface area contributed by atoms with Crippen molar-refractivity contribution in [3.8, 4) is 17.0 Å². The van der Waals surface area contributed by atoms with E-state index in [0.717, 1.165) is 47.1 Å². The lowest BCUT2D eigenvalue weighted by molar-refractivity contribution is 0.474. The number of aryl methyl sites for hydroxylation is 2. The van der Waals surface area contributed by atoms with Crippen LogP contribution in [0.1, 0.15) is 12.0 Å². The average Bonchev–Trinajstić information content (AvgIpc) is 3.36. The summed E-state index contributed by atoms with van der Waals surface area (Å²) in [4.78, 5) is 11.6. The molecule has 3 aromatic heterocycles. The number of fused-ring (bicyclic) bond motifs is 2. The number of nitrogens with zero attached hydrogens (tertiary/aromatic N) is 5. The minimum Gasteiger partial charge on any atom is -0.507 e. The van der Waals surface area contributed by atoms with Gasteiger partial charge in [0.1, 0.15) is 5.75 Å². The molecular weight excluding hydrogens is 400 g/mol. The number of hydrogen-bond donors (Lipinski definition) is 2. The van der Waals surface area contributed by atoms with Gasteiger partial charge in [0, 0.05) is 54.3 Å². The predicted molar refractivity (Wildman–Crippen MR) is 120 cm³/mol. The normalized spacial score (nSPS) is 16.8. The van der Waals surface area contributed by atoms with E-state index in [-0.39, 0.29) is 5.75 Å². The third kappa shape index (κ3) is 3.05. The van der Waals surface area contributed by atoms with E-state index in [0.29, 0.717) is 28.0 Å². The molecule has 30 heavy (non-hydrogen) atoms. The number of halogens is 1. The Labute approximate surface area is 179 Å². The summed E-state index contributed by atoms with van der Waals surface area (Å²) in [6.07, 6.45) is 4.88. The van der Waals surface area contributed by atoms with Gasteiger partial charge in [-0.1, -0.05) is 11.6 Å². The van der Waals surface area contributed by atoms with E-state index in [1.54, 1.807) is 10.7 Å². The van der Waals surface area contributed by atoms with E-state index in [1.807, 2.05) is 39.5 Å². The van der Waals surface area contributed by atoms with Crippen LogP contribution < -0.4 is 10.2 Å². The Morgan fingerprint density at radius 1 is 1.27 bits per heavy atom. The van der Waals surface area contributed by atoms with Gasteiger partial charge >= 0.3 is 0 Å². The van der Waals surface area contributed by atoms with Crippen LogP contribution >= 0.6 is 11.6 Å². The molecule has 0 aliphatic carbocycles. The number of phenolic OH excluding ortho intramolecular Hbond substituents is 1. The van der Waals surface area contributed by atoms with Crippen molar-refractivity contribution in [1.29, 1.82) is 0 Å². The van der Waals surface area contributed by atoms with E-state index in [1.165, 1.54) is 0 Å². The largest absolute Gasteiger partial charge is 0.507 e. The second-order valence-corrected chi connectivity index (χ2v) is 8.32. The van der Waals surface area contributed by atoms with E-state index in [4.69, 9.17) is 16.6 Å². The van der Waals surface area contributed by atoms with Gasteiger partial charge in [-0.2, -0.15) is 5.10 Å². The zero-order valence-corrected chi connectivity index (χ0v) is 17.9. The molecule has 4 aromatic rings. The Morgan fingerprint density at radius 2 is 2.10 bits per heavy atom. The van der Waals surface area contributed by atoms with Crippen molar-refractivity contribution in [3.63, 3.8) is 0 Å². The maximum atomic E-state index is 10.8. The minimum atomic E-state index is 0.163. The summed E-state index contributed by atoms with van der Waals surface area (Å²) in [5.74, 6) is 0.163. The Morgan fingerprint density at radius 3 is 2.87 bits per heavy atom. The van der Waals surface area contributed by atoms with Gasteiger partial charge in [-0.25, -0.2) is 9.97 Å². The quantitative estimate of drug-likeness (QED) is 0.524. The number of aromatic nitrogens is 4. The summed E-state index contributed by atoms with van der Waals surface area (Å²) in [6, 6.07) is 6.23. The first-order valence-electron chi connectivity index (χ1n) is 9.99. The molecule has 1 aliphatic rings. The molecule has 0 amide bonds. The third-order valence-corrected chi connectivity index (χ3v) is 6.27. The van der Waals surface area contributed by atoms with Crippen molar-refractivity contribution in [1.82, 2.24) is 25.1 Å². The number of pyridine rings is 2. The molecule has 2 N–H and O–H groups in total. The standard InChI is InChI=1S/C22H23ClN6O/c1-12-20-13(10-28(3)27-20)6-17(21(12)30)19-8-18(23)16-7-15(9-25-22(16)26-19)29-5-4-14(11-29)24-2/h6-10,14,24,30H,4-5,11H2,1-3H3/t14-/m1/s1. The highest BCUT2D eigenvalue weighted by Crippen LogP contribution is 2.38. The molecule has 1 saturated heterocycles. The molecule has 0 spiro atoms. The van der Waals surface area contributed by atoms with Crippen molar-refractivity contribution < 1.29 is 5.11 Å². The maximum absolute atomic E-state index is 10.8. The number of phenols is 1. The molecule has 7 nitrogen and oxygen atoms in total. The second-order valence-electron chi connectivity index (χ2n) is 7.91. The van der Waals surface area contributed by atoms with Crippen LogP contribution in [0.5, 0.6) is 5.75 Å². The number of hydrogen-bond acceptors (Lipinski definition) is 6. The van der Waals surface area contributed by atoms with Gasteiger partial charge in [0.05, 0.1) is 28.1 Å². The van der Waals surface area contributed by atoms with Gasteiger partial charge in [0.15, 0.2) is 5.65 Å². The number of aromatic hydroxyl groups is 1. The number of anilines is 1. The summed E-state index contributed by atoms with van der Waals surface area (Å²) >= 11 is 6.65. The molecule has 0 saturated carbocycles. The van der Waals surface area contributed by atoms with Gasteiger partial charge in [-0.3, -0.25) is 4.68 Å². The van der Waals surface area contributed by atoms with Gasteiger partial charge in [-0.15, -0.1) is 0 Å². The average molecular weight is 423 g/mol. The summed E-state index contributed by atoms with van der Waals surface area (Å²) in [6.45, 7) is 3.79. The molecule has 5 rings (SSSR count). The van der Waals surface area contributed by atoms with Crippen molar-refractivity contribution in [2.45, 2.75) is 19.4 Å². The first-order valence-corrected chi connectivity index (χ1v) is 10.4. The van der Waals surface area contributed by atoms with E-state index in [9.17, 15) is 5.11 Å². The fourth-order valence-electron chi connectivity index (χ4n) is 4.23. The monoisotopic (exact) mass is 422 g/mol. The summed E-state index contributed by atoms with van der Waals surface area (Å²) in [7, 11) is 3.86. The maximum Gasteiger partial charge on any atom is 0.161 e. The highest BCUT2D eigenvalue weighted by atomic mass is 35.5. The Balaban J connectivity index is 1.59. The fraction of sp³-hybridized carbons (Fsp3) is 0.318. The number of likely N-dealkylation sites (N-methyl/N-ethyl adjacent to an activating group) is 1. The summed E-state index contributed by atoms with van der Waals surface area (Å²) in [5.41, 5.74) is 4.33. The Kier molecular flexibility index (Phi) is 4.52. The van der Waals surface area contributed by atoms with Crippen LogP contribution in [-0.4, -0.2) is 51.0 Å². The molecule has 1 fully saturated rings. The van der Waals surface area contributed by atoms with Crippen LogP contribution in [0.3, 0.4) is 0 Å². The van der Waals surface area contributed by atoms with Crippen LogP contribution in [0.15, 0.2) is 30.6 Å². The molecule has 154 valence electrons. The zero-order valence-electron chi connectivity index (χ0n) is 17.1. The molecule has 1 aromatic carbocycles. The number of nitrogens with one attached hydrogen (secondary N) is 1. The van der Waals surface area contributed by atoms with Crippen LogP contribution in [0.25, 0.3) is 33.2 Å². The van der Waals surface area contributed by atoms with E-state index in [2.05, 4.69) is 26.4 Å². The number of benzene rings is 1. The SMILES string of the molecule is CN[C@@H]1CCN(c2cnc3nc(-c4cc5cn(C)nc5c(C)c4O)cc(Cl)c3c2)C1. The first kappa shape index (κ1) is 19.1. The molecule has 0 unspecified atom stereocenters. The van der Waals surface area contributed by atoms with Crippen LogP contribution in [0.2, 0.25) is 5.02 Å². The lowest BCUT2D eigenvalue weighted by Crippen LogP contribution is -2.29. The van der Waals surface area contributed by atoms with Crippen LogP contribution in [0, 0.1) is 6.92 Å². The second kappa shape index (κ2) is 7.11. The summed E-state index contributed by atoms with van der Waals surface area (Å²) < 4.78 is 1.74. The zero-order chi connectivity index (χ0) is 21.0. The molecule has 8 heteroatoms. The van der Waals surface area contributed by atoms with Crippen molar-refractivity contribution >= 4 is 39.2 Å². The highest BCUT2D eigenvalue weighted by molar-refractivity contribution is 6.35. The smallest absolute Gasteiger partial charge is 0.161 e. The topological polar surface area (TPSA) is 79.1 Å². The predicted octanol–water partition coefficient (Wildman–Crippen LogP) is 3.65. The lowest BCUT2D eigenvalue weighted by Gasteiger charge is -2.19. The minimum absolute atomic E-state index is 0.163. The molecule has 0 radical (unpaired) electrons. The molecular formula is C22H23ClN6O. The lowest BCUT2D eigenvalue weighted by atomic mass is 10.0. The van der Waals surface area contributed by atoms with Crippen molar-refractivity contribution in [2.75, 3.05) is 25.0 Å². The van der Waals surface area contributed by atoms with Gasteiger partial charge in [0.25, 0.3) is 0 Å². The first-order chi connectivity index (χ1) is 14.4. The fourth-order valence-corrected chi connectivity index (χ4v) is 4.48. The Bertz CT molecular complexity index is 1280. The van der Waals surface area contributed by atoms with Gasteiger partial charge in [-0.05, 0) is 38.6 Å². The third-order valence-electron chi connectivity index (χ3n) is 5.96. The number of rotatable bonds is 3. The summed E-state index contributed by atoms with van der Waals surface area (Å²) in [5, 5.41) is 20.9. The van der Waals surface area contributed by atoms with Crippen LogP contribution in [-0.2, 0) is 7.05 Å². The molecule has 1 atom stereocenters. The molecule has 0 bridgehead atoms. The van der Waals surface area contributed by atoms with Gasteiger partial charge in [0.2, 0.25) is 0 Å². The van der Waals surface area contributed by atoms with E-state index >= 15 is 0 Å². The molecule has 4 heterocycles.